The van der Waals surface area contributed by atoms with Crippen molar-refractivity contribution < 1.29 is 27.0 Å². The number of Topliss-reactive ketones (excluding diaryl/α,β-unsaturated/α-hetero) is 1. The Labute approximate surface area is 119 Å². The molecule has 96 valence electrons. The largest absolute Gasteiger partial charge is 2.00 e. The average molecular weight is 284 g/mol. The first-order valence-electron chi connectivity index (χ1n) is 5.61. The maximum absolute atomic E-state index is 11.3. The standard InChI is InChI=1S/C10H12O2.C5H5.Fe/c1-8(11)6-7-10(12)9-4-2-3-5-9;1-2-4-5-3-1;/h2-5,12H,6-7H2,1H3;1-5H;/q;-1;+2/p-1. The van der Waals surface area contributed by atoms with E-state index in [4.69, 9.17) is 0 Å². The predicted molar refractivity (Wildman–Crippen MR) is 67.3 cm³/mol. The van der Waals surface area contributed by atoms with Gasteiger partial charge in [-0.2, -0.15) is 18.2 Å². The Morgan fingerprint density at radius 3 is 2.11 bits per heavy atom. The van der Waals surface area contributed by atoms with Gasteiger partial charge in [0.1, 0.15) is 5.78 Å². The summed E-state index contributed by atoms with van der Waals surface area (Å²) in [4.78, 5) is 10.6. The van der Waals surface area contributed by atoms with Gasteiger partial charge in [-0.1, -0.05) is 24.3 Å². The topological polar surface area (TPSA) is 40.1 Å². The summed E-state index contributed by atoms with van der Waals surface area (Å²) >= 11 is 0. The summed E-state index contributed by atoms with van der Waals surface area (Å²) in [5, 5.41) is 11.3. The number of carbonyl (C=O) groups is 1. The molecule has 0 saturated carbocycles. The quantitative estimate of drug-likeness (QED) is 0.486. The Morgan fingerprint density at radius 2 is 1.72 bits per heavy atom. The third-order valence-corrected chi connectivity index (χ3v) is 2.24. The van der Waals surface area contributed by atoms with Gasteiger partial charge in [-0.15, -0.1) is 5.76 Å². The molecule has 0 spiro atoms. The van der Waals surface area contributed by atoms with Crippen molar-refractivity contribution in [1.82, 2.24) is 0 Å². The number of hydrogen-bond donors (Lipinski definition) is 0. The number of carbonyl (C=O) groups excluding carboxylic acids is 1. The van der Waals surface area contributed by atoms with Crippen LogP contribution in [0.3, 0.4) is 0 Å². The van der Waals surface area contributed by atoms with Crippen LogP contribution in [0.4, 0.5) is 0 Å². The van der Waals surface area contributed by atoms with E-state index in [-0.39, 0.29) is 28.6 Å². The van der Waals surface area contributed by atoms with E-state index < -0.39 is 0 Å². The van der Waals surface area contributed by atoms with Gasteiger partial charge in [0, 0.05) is 6.42 Å². The normalized spacial score (nSPS) is 11.5. The molecule has 0 N–H and O–H groups in total. The molecule has 1 aromatic carbocycles. The summed E-state index contributed by atoms with van der Waals surface area (Å²) in [6.07, 6.45) is 7.86. The first kappa shape index (κ1) is 16.6. The van der Waals surface area contributed by atoms with Gasteiger partial charge in [-0.25, -0.2) is 12.1 Å². The first-order chi connectivity index (χ1) is 8.20. The van der Waals surface area contributed by atoms with Crippen molar-refractivity contribution in [2.45, 2.75) is 19.8 Å². The maximum atomic E-state index is 11.3. The second-order valence-electron chi connectivity index (χ2n) is 3.76. The molecule has 0 fully saturated rings. The van der Waals surface area contributed by atoms with Crippen LogP contribution in [-0.2, 0) is 21.9 Å². The molecule has 0 aliphatic heterocycles. The van der Waals surface area contributed by atoms with Gasteiger partial charge in [-0.05, 0) is 18.9 Å². The van der Waals surface area contributed by atoms with Crippen molar-refractivity contribution in [3.8, 4) is 0 Å². The molecule has 0 amide bonds. The molecule has 1 aliphatic carbocycles. The van der Waals surface area contributed by atoms with E-state index in [0.717, 1.165) is 0 Å². The van der Waals surface area contributed by atoms with Crippen LogP contribution in [0.1, 0.15) is 19.8 Å². The van der Waals surface area contributed by atoms with Gasteiger partial charge in [0.05, 0.1) is 0 Å². The monoisotopic (exact) mass is 284 g/mol. The maximum Gasteiger partial charge on any atom is 2.00 e. The SMILES string of the molecule is CC(=O)CCC([O-])=C1C=CC=C1.[Fe+2].c1cc[cH-]c1. The molecule has 0 heterocycles. The summed E-state index contributed by atoms with van der Waals surface area (Å²) in [6.45, 7) is 1.50. The van der Waals surface area contributed by atoms with Gasteiger partial charge in [0.2, 0.25) is 0 Å². The molecule has 18 heavy (non-hydrogen) atoms. The Hall–Kier alpha value is -1.44. The van der Waals surface area contributed by atoms with Crippen LogP contribution in [0.2, 0.25) is 0 Å². The van der Waals surface area contributed by atoms with Crippen molar-refractivity contribution in [2.24, 2.45) is 0 Å². The third kappa shape index (κ3) is 7.00. The van der Waals surface area contributed by atoms with E-state index in [1.165, 1.54) is 6.92 Å². The zero-order valence-corrected chi connectivity index (χ0v) is 11.4. The van der Waals surface area contributed by atoms with Crippen molar-refractivity contribution >= 4 is 5.78 Å². The van der Waals surface area contributed by atoms with E-state index in [1.54, 1.807) is 12.2 Å². The van der Waals surface area contributed by atoms with Crippen LogP contribution in [0.25, 0.3) is 0 Å². The Balaban J connectivity index is 0.000000405. The minimum Gasteiger partial charge on any atom is -0.875 e. The molecule has 0 bridgehead atoms. The van der Waals surface area contributed by atoms with Crippen molar-refractivity contribution in [1.29, 1.82) is 0 Å². The molecule has 2 rings (SSSR count). The van der Waals surface area contributed by atoms with Gasteiger partial charge < -0.3 is 9.90 Å². The smallest absolute Gasteiger partial charge is 0.875 e. The van der Waals surface area contributed by atoms with E-state index in [9.17, 15) is 9.90 Å². The molecule has 2 nitrogen and oxygen atoms in total. The minimum absolute atomic E-state index is 0. The van der Waals surface area contributed by atoms with Crippen molar-refractivity contribution in [2.75, 3.05) is 0 Å². The molecular weight excluding hydrogens is 268 g/mol. The molecule has 1 aliphatic rings. The van der Waals surface area contributed by atoms with Gasteiger partial charge in [0.15, 0.2) is 0 Å². The summed E-state index contributed by atoms with van der Waals surface area (Å²) in [5.74, 6) is 0.116. The third-order valence-electron chi connectivity index (χ3n) is 2.24. The summed E-state index contributed by atoms with van der Waals surface area (Å²) in [6, 6.07) is 10.0. The Morgan fingerprint density at radius 1 is 1.17 bits per heavy atom. The summed E-state index contributed by atoms with van der Waals surface area (Å²) in [5.41, 5.74) is 0.705. The van der Waals surface area contributed by atoms with Gasteiger partial charge >= 0.3 is 17.1 Å². The molecule has 3 heteroatoms. The fourth-order valence-electron chi connectivity index (χ4n) is 1.31. The van der Waals surface area contributed by atoms with E-state index in [2.05, 4.69) is 0 Å². The molecule has 0 saturated heterocycles. The van der Waals surface area contributed by atoms with Gasteiger partial charge in [-0.3, -0.25) is 0 Å². The molecule has 0 radical (unpaired) electrons. The van der Waals surface area contributed by atoms with E-state index in [1.807, 2.05) is 42.5 Å². The average Bonchev–Trinajstić information content (AvgIpc) is 2.99. The Bertz CT molecular complexity index is 394. The van der Waals surface area contributed by atoms with Crippen molar-refractivity contribution in [3.05, 3.63) is 66.0 Å². The van der Waals surface area contributed by atoms with Crippen LogP contribution in [0.15, 0.2) is 66.0 Å². The van der Waals surface area contributed by atoms with Crippen LogP contribution >= 0.6 is 0 Å². The van der Waals surface area contributed by atoms with E-state index >= 15 is 0 Å². The molecule has 1 aromatic rings. The fourth-order valence-corrected chi connectivity index (χ4v) is 1.31. The molecule has 0 unspecified atom stereocenters. The number of allylic oxidation sites excluding steroid dienone is 6. The molecule has 0 atom stereocenters. The zero-order valence-electron chi connectivity index (χ0n) is 10.3. The van der Waals surface area contributed by atoms with Gasteiger partial charge in [0.25, 0.3) is 0 Å². The minimum atomic E-state index is 0. The first-order valence-corrected chi connectivity index (χ1v) is 5.61. The second-order valence-corrected chi connectivity index (χ2v) is 3.76. The second kappa shape index (κ2) is 9.58. The van der Waals surface area contributed by atoms with Crippen LogP contribution in [0.5, 0.6) is 0 Å². The predicted octanol–water partition coefficient (Wildman–Crippen LogP) is 2.50. The van der Waals surface area contributed by atoms with Crippen LogP contribution in [0, 0.1) is 0 Å². The zero-order chi connectivity index (χ0) is 12.5. The number of ketones is 1. The number of rotatable bonds is 3. The summed E-state index contributed by atoms with van der Waals surface area (Å²) in [7, 11) is 0. The fraction of sp³-hybridized carbons (Fsp3) is 0.200. The van der Waals surface area contributed by atoms with Crippen molar-refractivity contribution in [3.63, 3.8) is 0 Å². The van der Waals surface area contributed by atoms with E-state index in [0.29, 0.717) is 18.4 Å². The summed E-state index contributed by atoms with van der Waals surface area (Å²) < 4.78 is 0. The molecular formula is C15H16FeO2. The molecule has 0 aromatic heterocycles. The van der Waals surface area contributed by atoms with Crippen LogP contribution < -0.4 is 5.11 Å². The van der Waals surface area contributed by atoms with Crippen LogP contribution in [-0.4, -0.2) is 5.78 Å². The Kier molecular flexibility index (Phi) is 8.81. The number of hydrogen-bond acceptors (Lipinski definition) is 2.